The second-order valence-corrected chi connectivity index (χ2v) is 4.62. The lowest BCUT2D eigenvalue weighted by Crippen LogP contribution is -2.29. The van der Waals surface area contributed by atoms with Gasteiger partial charge in [-0.15, -0.1) is 0 Å². The molecular formula is C12H18O8. The molecule has 0 fully saturated rings. The van der Waals surface area contributed by atoms with E-state index in [0.29, 0.717) is 0 Å². The van der Waals surface area contributed by atoms with Crippen molar-refractivity contribution in [2.24, 2.45) is 17.8 Å². The van der Waals surface area contributed by atoms with Crippen LogP contribution in [0.2, 0.25) is 0 Å². The fourth-order valence-electron chi connectivity index (χ4n) is 1.83. The first-order valence-electron chi connectivity index (χ1n) is 6.07. The molecule has 0 rings (SSSR count). The molecule has 0 aromatic rings. The molecule has 3 atom stereocenters. The van der Waals surface area contributed by atoms with E-state index in [1.807, 2.05) is 0 Å². The maximum atomic E-state index is 11.0. The molecule has 0 aliphatic rings. The van der Waals surface area contributed by atoms with Crippen molar-refractivity contribution in [1.29, 1.82) is 0 Å². The maximum Gasteiger partial charge on any atom is 0.307 e. The Morgan fingerprint density at radius 3 is 1.70 bits per heavy atom. The molecule has 0 aromatic heterocycles. The monoisotopic (exact) mass is 290 g/mol. The van der Waals surface area contributed by atoms with Gasteiger partial charge in [-0.05, 0) is 19.3 Å². The van der Waals surface area contributed by atoms with Crippen LogP contribution in [-0.2, 0) is 19.2 Å². The van der Waals surface area contributed by atoms with Crippen LogP contribution in [0.5, 0.6) is 0 Å². The minimum absolute atomic E-state index is 0.0722. The SMILES string of the molecule is CC(C(=O)O)C(CCC(CCC(=O)O)C(=O)O)C(=O)O. The lowest BCUT2D eigenvalue weighted by molar-refractivity contribution is -0.153. The summed E-state index contributed by atoms with van der Waals surface area (Å²) in [5, 5.41) is 35.2. The second-order valence-electron chi connectivity index (χ2n) is 4.62. The van der Waals surface area contributed by atoms with E-state index < -0.39 is 41.6 Å². The summed E-state index contributed by atoms with van der Waals surface area (Å²) in [6.07, 6.45) is -0.641. The number of carboxylic acids is 4. The first-order valence-corrected chi connectivity index (χ1v) is 6.07. The molecule has 0 aliphatic heterocycles. The zero-order valence-electron chi connectivity index (χ0n) is 11.0. The highest BCUT2D eigenvalue weighted by atomic mass is 16.4. The highest BCUT2D eigenvalue weighted by Gasteiger charge is 2.31. The number of rotatable bonds is 10. The van der Waals surface area contributed by atoms with Crippen LogP contribution in [-0.4, -0.2) is 44.3 Å². The Morgan fingerprint density at radius 1 is 0.800 bits per heavy atom. The topological polar surface area (TPSA) is 149 Å². The van der Waals surface area contributed by atoms with Crippen LogP contribution >= 0.6 is 0 Å². The molecule has 0 radical (unpaired) electrons. The zero-order chi connectivity index (χ0) is 15.9. The summed E-state index contributed by atoms with van der Waals surface area (Å²) in [6.45, 7) is 1.24. The van der Waals surface area contributed by atoms with Gasteiger partial charge >= 0.3 is 23.9 Å². The smallest absolute Gasteiger partial charge is 0.307 e. The summed E-state index contributed by atoms with van der Waals surface area (Å²) in [7, 11) is 0. The molecule has 20 heavy (non-hydrogen) atoms. The molecule has 0 aromatic carbocycles. The first-order chi connectivity index (χ1) is 9.16. The standard InChI is InChI=1S/C12H18O8/c1-6(10(15)16)8(12(19)20)4-2-7(11(17)18)3-5-9(13)14/h6-8H,2-5H2,1H3,(H,13,14)(H,15,16)(H,17,18)(H,19,20). The minimum Gasteiger partial charge on any atom is -0.481 e. The van der Waals surface area contributed by atoms with Gasteiger partial charge in [0.1, 0.15) is 0 Å². The largest absolute Gasteiger partial charge is 0.481 e. The molecule has 0 amide bonds. The lowest BCUT2D eigenvalue weighted by atomic mass is 9.86. The van der Waals surface area contributed by atoms with Gasteiger partial charge in [0.15, 0.2) is 0 Å². The van der Waals surface area contributed by atoms with Gasteiger partial charge in [-0.2, -0.15) is 0 Å². The van der Waals surface area contributed by atoms with Crippen molar-refractivity contribution < 1.29 is 39.6 Å². The molecule has 114 valence electrons. The summed E-state index contributed by atoms with van der Waals surface area (Å²) in [5.74, 6) is -8.24. The van der Waals surface area contributed by atoms with Gasteiger partial charge in [0.25, 0.3) is 0 Å². The van der Waals surface area contributed by atoms with Gasteiger partial charge in [0.05, 0.1) is 17.8 Å². The van der Waals surface area contributed by atoms with Gasteiger partial charge in [-0.1, -0.05) is 6.92 Å². The predicted molar refractivity (Wildman–Crippen MR) is 65.2 cm³/mol. The van der Waals surface area contributed by atoms with Crippen LogP contribution in [0.3, 0.4) is 0 Å². The lowest BCUT2D eigenvalue weighted by Gasteiger charge is -2.18. The average Bonchev–Trinajstić information content (AvgIpc) is 2.31. The third kappa shape index (κ3) is 6.17. The van der Waals surface area contributed by atoms with Gasteiger partial charge in [0.2, 0.25) is 0 Å². The van der Waals surface area contributed by atoms with E-state index in [1.54, 1.807) is 0 Å². The van der Waals surface area contributed by atoms with Crippen molar-refractivity contribution in [1.82, 2.24) is 0 Å². The van der Waals surface area contributed by atoms with Crippen molar-refractivity contribution in [3.63, 3.8) is 0 Å². The van der Waals surface area contributed by atoms with Crippen LogP contribution in [0.25, 0.3) is 0 Å². The van der Waals surface area contributed by atoms with Crippen LogP contribution in [0.4, 0.5) is 0 Å². The molecule has 0 saturated heterocycles. The molecular weight excluding hydrogens is 272 g/mol. The quantitative estimate of drug-likeness (QED) is 0.460. The van der Waals surface area contributed by atoms with E-state index in [9.17, 15) is 19.2 Å². The first kappa shape index (κ1) is 17.9. The molecule has 8 nitrogen and oxygen atoms in total. The Bertz CT molecular complexity index is 389. The number of carboxylic acid groups (broad SMARTS) is 4. The molecule has 0 heterocycles. The van der Waals surface area contributed by atoms with Crippen molar-refractivity contribution in [2.45, 2.75) is 32.6 Å². The van der Waals surface area contributed by atoms with Crippen LogP contribution < -0.4 is 0 Å². The van der Waals surface area contributed by atoms with E-state index in [4.69, 9.17) is 20.4 Å². The number of aliphatic carboxylic acids is 4. The Morgan fingerprint density at radius 2 is 1.35 bits per heavy atom. The highest BCUT2D eigenvalue weighted by molar-refractivity contribution is 5.79. The van der Waals surface area contributed by atoms with E-state index in [-0.39, 0.29) is 25.7 Å². The summed E-state index contributed by atoms with van der Waals surface area (Å²) < 4.78 is 0. The summed E-state index contributed by atoms with van der Waals surface area (Å²) in [5.41, 5.74) is 0. The molecule has 8 heteroatoms. The third-order valence-corrected chi connectivity index (χ3v) is 3.19. The van der Waals surface area contributed by atoms with E-state index in [0.717, 1.165) is 0 Å². The number of hydrogen-bond acceptors (Lipinski definition) is 4. The number of hydrogen-bond donors (Lipinski definition) is 4. The fourth-order valence-corrected chi connectivity index (χ4v) is 1.83. The normalized spacial score (nSPS) is 15.1. The summed E-state index contributed by atoms with van der Waals surface area (Å²) in [6, 6.07) is 0. The van der Waals surface area contributed by atoms with Crippen molar-refractivity contribution in [3.8, 4) is 0 Å². The average molecular weight is 290 g/mol. The van der Waals surface area contributed by atoms with Crippen LogP contribution in [0.1, 0.15) is 32.6 Å². The summed E-state index contributed by atoms with van der Waals surface area (Å²) >= 11 is 0. The van der Waals surface area contributed by atoms with Crippen LogP contribution in [0.15, 0.2) is 0 Å². The van der Waals surface area contributed by atoms with Crippen LogP contribution in [0, 0.1) is 17.8 Å². The van der Waals surface area contributed by atoms with Crippen molar-refractivity contribution >= 4 is 23.9 Å². The van der Waals surface area contributed by atoms with Crippen molar-refractivity contribution in [3.05, 3.63) is 0 Å². The number of carbonyl (C=O) groups is 4. The highest BCUT2D eigenvalue weighted by Crippen LogP contribution is 2.23. The Balaban J connectivity index is 4.63. The fraction of sp³-hybridized carbons (Fsp3) is 0.667. The molecule has 0 saturated carbocycles. The molecule has 0 bridgehead atoms. The second kappa shape index (κ2) is 8.13. The zero-order valence-corrected chi connectivity index (χ0v) is 11.0. The van der Waals surface area contributed by atoms with Gasteiger partial charge in [-0.25, -0.2) is 0 Å². The Kier molecular flexibility index (Phi) is 7.27. The Labute approximate surface area is 115 Å². The molecule has 4 N–H and O–H groups in total. The maximum absolute atomic E-state index is 11.0. The van der Waals surface area contributed by atoms with E-state index in [1.165, 1.54) is 6.92 Å². The molecule has 0 spiro atoms. The van der Waals surface area contributed by atoms with Gasteiger partial charge in [0, 0.05) is 6.42 Å². The van der Waals surface area contributed by atoms with Gasteiger partial charge < -0.3 is 20.4 Å². The van der Waals surface area contributed by atoms with Crippen molar-refractivity contribution in [2.75, 3.05) is 0 Å². The predicted octanol–water partition coefficient (Wildman–Crippen LogP) is 0.754. The van der Waals surface area contributed by atoms with E-state index >= 15 is 0 Å². The van der Waals surface area contributed by atoms with E-state index in [2.05, 4.69) is 0 Å². The molecule has 0 aliphatic carbocycles. The molecule has 3 unspecified atom stereocenters. The van der Waals surface area contributed by atoms with Gasteiger partial charge in [-0.3, -0.25) is 19.2 Å². The minimum atomic E-state index is -1.30. The summed E-state index contributed by atoms with van der Waals surface area (Å²) in [4.78, 5) is 43.1. The Hall–Kier alpha value is -2.12. The third-order valence-electron chi connectivity index (χ3n) is 3.19.